The van der Waals surface area contributed by atoms with Gasteiger partial charge in [0.25, 0.3) is 0 Å². The standard InChI is InChI=1S/C8H11FN.C3H4N2.CHF3O3S/c1-6-4-7(2)10(9)8(3)5-6;1-2-4-5-3-1;2-1(3,4)8(5,6)7/h4-5H,1-3H3;1-3H,(H,4,5);(H,5,6,7)/q+1;;/p-1. The molecule has 6 nitrogen and oxygen atoms in total. The van der Waals surface area contributed by atoms with Crippen molar-refractivity contribution < 1.29 is 35.4 Å². The Balaban J connectivity index is 0.000000333. The highest BCUT2D eigenvalue weighted by Crippen LogP contribution is 2.20. The average Bonchev–Trinajstić information content (AvgIpc) is 2.93. The second kappa shape index (κ2) is 8.58. The van der Waals surface area contributed by atoms with Crippen LogP contribution in [-0.4, -0.2) is 28.7 Å². The molecule has 1 N–H and O–H groups in total. The van der Waals surface area contributed by atoms with Gasteiger partial charge >= 0.3 is 5.51 Å². The van der Waals surface area contributed by atoms with Crippen molar-refractivity contribution in [2.24, 2.45) is 0 Å². The number of aromatic amines is 1. The molecular formula is C12H15F4N3O3S. The van der Waals surface area contributed by atoms with Gasteiger partial charge in [0.15, 0.2) is 10.1 Å². The van der Waals surface area contributed by atoms with Gasteiger partial charge in [0.2, 0.25) is 11.4 Å². The number of halogens is 4. The molecule has 0 atom stereocenters. The average molecular weight is 357 g/mol. The van der Waals surface area contributed by atoms with Crippen LogP contribution in [0.1, 0.15) is 17.0 Å². The van der Waals surface area contributed by atoms with Crippen LogP contribution in [0.3, 0.4) is 0 Å². The van der Waals surface area contributed by atoms with Gasteiger partial charge in [0, 0.05) is 43.2 Å². The molecule has 11 heteroatoms. The minimum absolute atomic E-state index is 0.650. The molecule has 0 bridgehead atoms. The van der Waals surface area contributed by atoms with Crippen LogP contribution < -0.4 is 4.79 Å². The van der Waals surface area contributed by atoms with Gasteiger partial charge < -0.3 is 4.55 Å². The van der Waals surface area contributed by atoms with Crippen LogP contribution in [-0.2, 0) is 10.1 Å². The Morgan fingerprint density at radius 1 is 1.17 bits per heavy atom. The van der Waals surface area contributed by atoms with Crippen molar-refractivity contribution in [3.8, 4) is 0 Å². The molecule has 23 heavy (non-hydrogen) atoms. The molecule has 0 aromatic carbocycles. The summed E-state index contributed by atoms with van der Waals surface area (Å²) in [6.07, 6.45) is 3.46. The van der Waals surface area contributed by atoms with E-state index in [0.717, 1.165) is 5.56 Å². The summed E-state index contributed by atoms with van der Waals surface area (Å²) in [5, 5.41) is 6.21. The Morgan fingerprint density at radius 3 is 1.83 bits per heavy atom. The maximum atomic E-state index is 12.8. The normalized spacial score (nSPS) is 11.0. The van der Waals surface area contributed by atoms with E-state index in [-0.39, 0.29) is 0 Å². The number of aromatic nitrogens is 3. The van der Waals surface area contributed by atoms with Crippen molar-refractivity contribution >= 4 is 10.1 Å². The Kier molecular flexibility index (Phi) is 7.83. The number of aryl methyl sites for hydroxylation is 3. The second-order valence-electron chi connectivity index (χ2n) is 4.26. The third-order valence-electron chi connectivity index (χ3n) is 2.18. The van der Waals surface area contributed by atoms with E-state index in [2.05, 4.69) is 10.2 Å². The Labute approximate surface area is 130 Å². The minimum Gasteiger partial charge on any atom is -0.741 e. The van der Waals surface area contributed by atoms with Crippen molar-refractivity contribution in [1.82, 2.24) is 10.2 Å². The van der Waals surface area contributed by atoms with Gasteiger partial charge in [0.1, 0.15) is 0 Å². The molecular weight excluding hydrogens is 342 g/mol. The van der Waals surface area contributed by atoms with E-state index in [1.165, 1.54) is 0 Å². The smallest absolute Gasteiger partial charge is 0.485 e. The van der Waals surface area contributed by atoms with Gasteiger partial charge in [-0.05, 0) is 18.6 Å². The largest absolute Gasteiger partial charge is 0.741 e. The first-order chi connectivity index (χ1) is 10.4. The summed E-state index contributed by atoms with van der Waals surface area (Å²) in [6, 6.07) is 5.46. The lowest BCUT2D eigenvalue weighted by molar-refractivity contribution is -0.852. The summed E-state index contributed by atoms with van der Waals surface area (Å²) in [5.74, 6) is 0. The Bertz CT molecular complexity index is 661. The first-order valence-corrected chi connectivity index (χ1v) is 7.39. The molecule has 0 aliphatic carbocycles. The number of pyridine rings is 1. The van der Waals surface area contributed by atoms with E-state index in [4.69, 9.17) is 13.0 Å². The molecule has 130 valence electrons. The molecule has 0 radical (unpaired) electrons. The fourth-order valence-corrected chi connectivity index (χ4v) is 1.31. The summed E-state index contributed by atoms with van der Waals surface area (Å²) in [4.78, 5) is 0.688. The number of nitrogens with one attached hydrogen (secondary N) is 1. The van der Waals surface area contributed by atoms with E-state index >= 15 is 0 Å². The summed E-state index contributed by atoms with van der Waals surface area (Å²) >= 11 is 0. The SMILES string of the molecule is Cc1cc(C)[n+](F)c(C)c1.O=S(=O)([O-])C(F)(F)F.c1cn[nH]c1. The molecule has 0 unspecified atom stereocenters. The number of hydrogen-bond acceptors (Lipinski definition) is 4. The van der Waals surface area contributed by atoms with Crippen molar-refractivity contribution in [2.75, 3.05) is 0 Å². The lowest BCUT2D eigenvalue weighted by Crippen LogP contribution is -2.30. The summed E-state index contributed by atoms with van der Waals surface area (Å²) in [5.41, 5.74) is -3.24. The van der Waals surface area contributed by atoms with E-state index in [1.807, 2.05) is 25.1 Å². The lowest BCUT2D eigenvalue weighted by Gasteiger charge is -2.08. The van der Waals surface area contributed by atoms with E-state index in [9.17, 15) is 17.7 Å². The summed E-state index contributed by atoms with van der Waals surface area (Å²) in [7, 11) is -6.09. The van der Waals surface area contributed by atoms with E-state index in [0.29, 0.717) is 16.2 Å². The molecule has 0 saturated carbocycles. The zero-order valence-electron chi connectivity index (χ0n) is 12.4. The number of nitrogens with zero attached hydrogens (tertiary/aromatic N) is 2. The highest BCUT2D eigenvalue weighted by molar-refractivity contribution is 7.86. The maximum absolute atomic E-state index is 12.8. The number of hydrogen-bond donors (Lipinski definition) is 1. The van der Waals surface area contributed by atoms with Crippen molar-refractivity contribution in [3.63, 3.8) is 0 Å². The van der Waals surface area contributed by atoms with Crippen LogP contribution in [0.25, 0.3) is 0 Å². The third-order valence-corrected chi connectivity index (χ3v) is 2.75. The van der Waals surface area contributed by atoms with Gasteiger partial charge in [-0.2, -0.15) is 18.3 Å². The topological polar surface area (TPSA) is 89.8 Å². The lowest BCUT2D eigenvalue weighted by atomic mass is 10.2. The molecule has 0 saturated heterocycles. The molecule has 2 aromatic rings. The van der Waals surface area contributed by atoms with Gasteiger partial charge in [0.05, 0.1) is 4.48 Å². The number of alkyl halides is 3. The molecule has 0 amide bonds. The first kappa shape index (κ1) is 21.0. The number of H-pyrrole nitrogens is 1. The summed E-state index contributed by atoms with van der Waals surface area (Å²) < 4.78 is 71.7. The minimum atomic E-state index is -6.09. The molecule has 2 heterocycles. The van der Waals surface area contributed by atoms with E-state index in [1.54, 1.807) is 26.2 Å². The van der Waals surface area contributed by atoms with Gasteiger partial charge in [-0.25, -0.2) is 8.42 Å². The zero-order chi connectivity index (χ0) is 18.3. The van der Waals surface area contributed by atoms with Crippen LogP contribution in [0, 0.1) is 20.8 Å². The molecule has 0 spiro atoms. The fraction of sp³-hybridized carbons (Fsp3) is 0.333. The monoisotopic (exact) mass is 357 g/mol. The van der Waals surface area contributed by atoms with Gasteiger partial charge in [-0.3, -0.25) is 5.10 Å². The van der Waals surface area contributed by atoms with Crippen molar-refractivity contribution in [3.05, 3.63) is 47.5 Å². The Morgan fingerprint density at radius 2 is 1.61 bits per heavy atom. The predicted octanol–water partition coefficient (Wildman–Crippen LogP) is 2.09. The quantitative estimate of drug-likeness (QED) is 0.444. The zero-order valence-corrected chi connectivity index (χ0v) is 13.2. The predicted molar refractivity (Wildman–Crippen MR) is 71.7 cm³/mol. The number of rotatable bonds is 0. The van der Waals surface area contributed by atoms with Crippen LogP contribution in [0.5, 0.6) is 0 Å². The van der Waals surface area contributed by atoms with Crippen LogP contribution in [0.15, 0.2) is 30.6 Å². The van der Waals surface area contributed by atoms with Crippen LogP contribution in [0.2, 0.25) is 0 Å². The maximum Gasteiger partial charge on any atom is 0.485 e. The molecule has 0 aliphatic rings. The van der Waals surface area contributed by atoms with Crippen molar-refractivity contribution in [1.29, 1.82) is 0 Å². The third kappa shape index (κ3) is 8.26. The van der Waals surface area contributed by atoms with Gasteiger partial charge in [-0.1, -0.05) is 0 Å². The van der Waals surface area contributed by atoms with Crippen LogP contribution >= 0.6 is 0 Å². The van der Waals surface area contributed by atoms with Crippen molar-refractivity contribution in [2.45, 2.75) is 26.3 Å². The van der Waals surface area contributed by atoms with Crippen LogP contribution in [0.4, 0.5) is 17.7 Å². The van der Waals surface area contributed by atoms with E-state index < -0.39 is 15.6 Å². The fourth-order valence-electron chi connectivity index (χ4n) is 1.31. The highest BCUT2D eigenvalue weighted by Gasteiger charge is 2.36. The molecule has 0 fully saturated rings. The summed E-state index contributed by atoms with van der Waals surface area (Å²) in [6.45, 7) is 5.46. The first-order valence-electron chi connectivity index (χ1n) is 5.98. The molecule has 0 aliphatic heterocycles. The molecule has 2 aromatic heterocycles. The van der Waals surface area contributed by atoms with Gasteiger partial charge in [-0.15, -0.1) is 0 Å². The second-order valence-corrected chi connectivity index (χ2v) is 5.63. The molecule has 2 rings (SSSR count). The highest BCUT2D eigenvalue weighted by atomic mass is 32.2. The Hall–Kier alpha value is -2.01.